The summed E-state index contributed by atoms with van der Waals surface area (Å²) in [6, 6.07) is 24.5. The summed E-state index contributed by atoms with van der Waals surface area (Å²) in [6.45, 7) is 11.0. The van der Waals surface area contributed by atoms with Crippen molar-refractivity contribution in [3.63, 3.8) is 0 Å². The van der Waals surface area contributed by atoms with Crippen molar-refractivity contribution in [3.05, 3.63) is 105 Å². The molecule has 0 amide bonds. The van der Waals surface area contributed by atoms with Crippen LogP contribution in [0.25, 0.3) is 10.9 Å². The zero-order valence-electron chi connectivity index (χ0n) is 23.8. The standard InChI is InChI=1S/C33H35IN2O4/c1-32(2,3)39-30(37)26(35-29(22-14-9-7-10-15-22)23-16-11-8-12-17-23)20-24-21-36(31(38)40-33(4,5)6)27-19-13-18-25(34)28(24)27/h7-19,21,26H,20H2,1-6H3/t26-/m0/s1. The first-order valence-corrected chi connectivity index (χ1v) is 14.3. The number of hydrogen-bond donors (Lipinski definition) is 0. The number of aromatic nitrogens is 1. The first kappa shape index (κ1) is 29.5. The van der Waals surface area contributed by atoms with Crippen LogP contribution in [0.5, 0.6) is 0 Å². The van der Waals surface area contributed by atoms with E-state index in [4.69, 9.17) is 14.5 Å². The second-order valence-corrected chi connectivity index (χ2v) is 12.8. The summed E-state index contributed by atoms with van der Waals surface area (Å²) in [6.07, 6.45) is 1.53. The number of aliphatic imine (C=N–C) groups is 1. The lowest BCUT2D eigenvalue weighted by Crippen LogP contribution is -2.33. The Bertz CT molecular complexity index is 1490. The first-order chi connectivity index (χ1) is 18.8. The van der Waals surface area contributed by atoms with Crippen LogP contribution in [0.15, 0.2) is 90.1 Å². The molecule has 0 N–H and O–H groups in total. The van der Waals surface area contributed by atoms with Gasteiger partial charge in [0.15, 0.2) is 6.04 Å². The number of hydrogen-bond acceptors (Lipinski definition) is 5. The number of rotatable bonds is 6. The maximum absolute atomic E-state index is 13.7. The van der Waals surface area contributed by atoms with Crippen molar-refractivity contribution < 1.29 is 19.1 Å². The molecule has 0 aliphatic rings. The summed E-state index contributed by atoms with van der Waals surface area (Å²) in [4.78, 5) is 31.9. The number of carbonyl (C=O) groups excluding carboxylic acids is 2. The van der Waals surface area contributed by atoms with Gasteiger partial charge in [-0.05, 0) is 81.8 Å². The molecule has 1 heterocycles. The Hall–Kier alpha value is -3.46. The molecule has 1 aromatic heterocycles. The third-order valence-electron chi connectivity index (χ3n) is 5.92. The van der Waals surface area contributed by atoms with Gasteiger partial charge in [-0.3, -0.25) is 9.56 Å². The van der Waals surface area contributed by atoms with E-state index in [2.05, 4.69) is 22.6 Å². The van der Waals surface area contributed by atoms with E-state index in [1.54, 1.807) is 6.20 Å². The topological polar surface area (TPSA) is 69.9 Å². The fourth-order valence-electron chi connectivity index (χ4n) is 4.36. The predicted octanol–water partition coefficient (Wildman–Crippen LogP) is 7.82. The minimum Gasteiger partial charge on any atom is -0.458 e. The minimum atomic E-state index is -0.858. The summed E-state index contributed by atoms with van der Waals surface area (Å²) < 4.78 is 14.0. The van der Waals surface area contributed by atoms with Crippen LogP contribution in [-0.4, -0.2) is 39.6 Å². The molecule has 0 saturated heterocycles. The molecule has 0 radical (unpaired) electrons. The third-order valence-corrected chi connectivity index (χ3v) is 6.82. The largest absolute Gasteiger partial charge is 0.458 e. The zero-order chi connectivity index (χ0) is 29.1. The summed E-state index contributed by atoms with van der Waals surface area (Å²) in [7, 11) is 0. The van der Waals surface area contributed by atoms with Gasteiger partial charge in [0.25, 0.3) is 0 Å². The molecule has 3 aromatic carbocycles. The molecule has 0 bridgehead atoms. The van der Waals surface area contributed by atoms with Gasteiger partial charge in [-0.2, -0.15) is 0 Å². The van der Waals surface area contributed by atoms with Crippen LogP contribution >= 0.6 is 22.6 Å². The van der Waals surface area contributed by atoms with Crippen LogP contribution in [0.2, 0.25) is 0 Å². The van der Waals surface area contributed by atoms with E-state index in [1.165, 1.54) is 4.57 Å². The first-order valence-electron chi connectivity index (χ1n) is 13.3. The van der Waals surface area contributed by atoms with Crippen molar-refractivity contribution in [2.45, 2.75) is 65.2 Å². The monoisotopic (exact) mass is 650 g/mol. The van der Waals surface area contributed by atoms with Crippen molar-refractivity contribution in [1.82, 2.24) is 4.57 Å². The lowest BCUT2D eigenvalue weighted by molar-refractivity contribution is -0.156. The maximum atomic E-state index is 13.7. The lowest BCUT2D eigenvalue weighted by atomic mass is 10.0. The molecular formula is C33H35IN2O4. The molecule has 6 nitrogen and oxygen atoms in total. The van der Waals surface area contributed by atoms with Crippen LogP contribution in [0, 0.1) is 3.57 Å². The molecule has 4 aromatic rings. The molecule has 40 heavy (non-hydrogen) atoms. The third kappa shape index (κ3) is 7.38. The van der Waals surface area contributed by atoms with Crippen LogP contribution in [0.1, 0.15) is 58.2 Å². The fraction of sp³-hybridized carbons (Fsp3) is 0.303. The van der Waals surface area contributed by atoms with E-state index in [0.717, 1.165) is 31.2 Å². The number of fused-ring (bicyclic) bond motifs is 1. The van der Waals surface area contributed by atoms with E-state index in [0.29, 0.717) is 5.71 Å². The van der Waals surface area contributed by atoms with E-state index in [-0.39, 0.29) is 6.42 Å². The maximum Gasteiger partial charge on any atom is 0.419 e. The van der Waals surface area contributed by atoms with Gasteiger partial charge in [0.1, 0.15) is 11.2 Å². The number of nitrogens with zero attached hydrogens (tertiary/aromatic N) is 2. The quantitative estimate of drug-likeness (QED) is 0.121. The van der Waals surface area contributed by atoms with Crippen molar-refractivity contribution in [1.29, 1.82) is 0 Å². The van der Waals surface area contributed by atoms with Crippen LogP contribution in [0.3, 0.4) is 0 Å². The van der Waals surface area contributed by atoms with E-state index in [9.17, 15) is 9.59 Å². The van der Waals surface area contributed by atoms with Crippen molar-refractivity contribution in [2.75, 3.05) is 0 Å². The molecule has 0 unspecified atom stereocenters. The molecule has 208 valence electrons. The normalized spacial score (nSPS) is 12.6. The Balaban J connectivity index is 1.87. The number of carbonyl (C=O) groups is 2. The van der Waals surface area contributed by atoms with Gasteiger partial charge in [0.05, 0.1) is 11.2 Å². The molecular weight excluding hydrogens is 615 g/mol. The van der Waals surface area contributed by atoms with Crippen LogP contribution in [-0.2, 0) is 20.7 Å². The summed E-state index contributed by atoms with van der Waals surface area (Å²) in [5.74, 6) is -0.430. The number of esters is 1. The Labute approximate surface area is 249 Å². The van der Waals surface area contributed by atoms with Crippen LogP contribution in [0.4, 0.5) is 4.79 Å². The van der Waals surface area contributed by atoms with Gasteiger partial charge < -0.3 is 9.47 Å². The average molecular weight is 651 g/mol. The van der Waals surface area contributed by atoms with Crippen molar-refractivity contribution in [2.24, 2.45) is 4.99 Å². The lowest BCUT2D eigenvalue weighted by Gasteiger charge is -2.23. The highest BCUT2D eigenvalue weighted by molar-refractivity contribution is 14.1. The van der Waals surface area contributed by atoms with E-state index >= 15 is 0 Å². The van der Waals surface area contributed by atoms with Gasteiger partial charge in [-0.15, -0.1) is 0 Å². The molecule has 0 fully saturated rings. The summed E-state index contributed by atoms with van der Waals surface area (Å²) >= 11 is 2.26. The van der Waals surface area contributed by atoms with Gasteiger partial charge in [0, 0.05) is 32.7 Å². The molecule has 0 saturated carbocycles. The smallest absolute Gasteiger partial charge is 0.419 e. The molecule has 0 spiro atoms. The second-order valence-electron chi connectivity index (χ2n) is 11.6. The molecule has 4 rings (SSSR count). The second kappa shape index (κ2) is 12.0. The van der Waals surface area contributed by atoms with Gasteiger partial charge >= 0.3 is 12.1 Å². The van der Waals surface area contributed by atoms with Gasteiger partial charge in [-0.25, -0.2) is 9.59 Å². The Morgan fingerprint density at radius 3 is 1.88 bits per heavy atom. The highest BCUT2D eigenvalue weighted by Crippen LogP contribution is 2.30. The number of ether oxygens (including phenoxy) is 2. The van der Waals surface area contributed by atoms with Crippen molar-refractivity contribution in [3.8, 4) is 0 Å². The molecule has 1 atom stereocenters. The predicted molar refractivity (Wildman–Crippen MR) is 168 cm³/mol. The number of halogens is 1. The van der Waals surface area contributed by atoms with E-state index < -0.39 is 29.3 Å². The van der Waals surface area contributed by atoms with Gasteiger partial charge in [-0.1, -0.05) is 66.7 Å². The highest BCUT2D eigenvalue weighted by atomic mass is 127. The van der Waals surface area contributed by atoms with Crippen molar-refractivity contribution >= 4 is 51.3 Å². The molecule has 0 aliphatic carbocycles. The average Bonchev–Trinajstić information content (AvgIpc) is 3.25. The SMILES string of the molecule is CC(C)(C)OC(=O)[C@H](Cc1cn(C(=O)OC(C)(C)C)c2cccc(I)c12)N=C(c1ccccc1)c1ccccc1. The fourth-order valence-corrected chi connectivity index (χ4v) is 5.19. The zero-order valence-corrected chi connectivity index (χ0v) is 25.9. The molecule has 7 heteroatoms. The van der Waals surface area contributed by atoms with E-state index in [1.807, 2.05) is 120 Å². The Morgan fingerprint density at radius 2 is 1.35 bits per heavy atom. The minimum absolute atomic E-state index is 0.240. The highest BCUT2D eigenvalue weighted by Gasteiger charge is 2.29. The summed E-state index contributed by atoms with van der Waals surface area (Å²) in [5, 5.41) is 0.888. The summed E-state index contributed by atoms with van der Waals surface area (Å²) in [5.41, 5.74) is 2.67. The van der Waals surface area contributed by atoms with Crippen LogP contribution < -0.4 is 0 Å². The number of benzene rings is 3. The van der Waals surface area contributed by atoms with Gasteiger partial charge in [0.2, 0.25) is 0 Å². The Kier molecular flexibility index (Phi) is 8.83. The Morgan fingerprint density at radius 1 is 0.800 bits per heavy atom. The molecule has 0 aliphatic heterocycles.